The van der Waals surface area contributed by atoms with Crippen LogP contribution in [0.3, 0.4) is 0 Å². The van der Waals surface area contributed by atoms with Crippen molar-refractivity contribution in [3.63, 3.8) is 0 Å². The van der Waals surface area contributed by atoms with Crippen molar-refractivity contribution < 1.29 is 9.53 Å². The van der Waals surface area contributed by atoms with E-state index in [9.17, 15) is 4.79 Å². The van der Waals surface area contributed by atoms with Gasteiger partial charge in [0.25, 0.3) is 0 Å². The van der Waals surface area contributed by atoms with Crippen LogP contribution in [0.15, 0.2) is 17.9 Å². The van der Waals surface area contributed by atoms with Crippen LogP contribution in [0.2, 0.25) is 5.02 Å². The van der Waals surface area contributed by atoms with Crippen LogP contribution in [0.1, 0.15) is 23.1 Å². The lowest BCUT2D eigenvalue weighted by molar-refractivity contribution is 0.0514. The number of ether oxygens (including phenoxy) is 1. The molecular weight excluding hydrogens is 214 g/mol. The van der Waals surface area contributed by atoms with Gasteiger partial charge in [-0.05, 0) is 19.1 Å². The molecule has 78 valence electrons. The number of esters is 1. The highest BCUT2D eigenvalue weighted by molar-refractivity contribution is 6.33. The van der Waals surface area contributed by atoms with E-state index in [0.29, 0.717) is 23.9 Å². The summed E-state index contributed by atoms with van der Waals surface area (Å²) in [6, 6.07) is 1.74. The largest absolute Gasteiger partial charge is 0.461 e. The molecule has 1 aromatic rings. The monoisotopic (exact) mass is 223 g/mol. The summed E-state index contributed by atoms with van der Waals surface area (Å²) in [5.41, 5.74) is 4.27. The number of aromatic nitrogens is 1. The molecule has 0 bridgehead atoms. The number of hydrogen-bond acceptors (Lipinski definition) is 2. The molecule has 2 heterocycles. The van der Waals surface area contributed by atoms with Gasteiger partial charge in [0, 0.05) is 12.6 Å². The third-order valence-corrected chi connectivity index (χ3v) is 2.46. The van der Waals surface area contributed by atoms with Crippen molar-refractivity contribution in [2.24, 2.45) is 0 Å². The number of carbonyl (C=O) groups is 1. The Balaban J connectivity index is 2.44. The van der Waals surface area contributed by atoms with Gasteiger partial charge in [0.2, 0.25) is 0 Å². The highest BCUT2D eigenvalue weighted by atomic mass is 35.5. The van der Waals surface area contributed by atoms with Crippen LogP contribution in [0, 0.1) is 0 Å². The second-order valence-electron chi connectivity index (χ2n) is 3.11. The molecule has 0 saturated carbocycles. The first-order chi connectivity index (χ1) is 7.24. The molecule has 0 amide bonds. The summed E-state index contributed by atoms with van der Waals surface area (Å²) in [5, 5.41) is 0.428. The fourth-order valence-corrected chi connectivity index (χ4v) is 1.84. The topological polar surface area (TPSA) is 31.2 Å². The molecule has 0 aliphatic carbocycles. The molecule has 0 saturated heterocycles. The smallest absolute Gasteiger partial charge is 0.356 e. The van der Waals surface area contributed by atoms with Gasteiger partial charge in [0.1, 0.15) is 5.69 Å². The first kappa shape index (κ1) is 10.1. The lowest BCUT2D eigenvalue weighted by atomic mass is 10.3. The number of halogens is 1. The van der Waals surface area contributed by atoms with Crippen molar-refractivity contribution in [3.05, 3.63) is 34.3 Å². The number of rotatable bonds is 2. The van der Waals surface area contributed by atoms with Crippen molar-refractivity contribution in [3.8, 4) is 0 Å². The molecule has 4 heteroatoms. The molecule has 0 radical (unpaired) electrons. The highest BCUT2D eigenvalue weighted by Gasteiger charge is 2.20. The molecule has 0 unspecified atom stereocenters. The zero-order valence-corrected chi connectivity index (χ0v) is 9.04. The fourth-order valence-electron chi connectivity index (χ4n) is 1.55. The minimum absolute atomic E-state index is 0.349. The lowest BCUT2D eigenvalue weighted by Gasteiger charge is -2.09. The van der Waals surface area contributed by atoms with Gasteiger partial charge in [-0.15, -0.1) is 5.73 Å². The summed E-state index contributed by atoms with van der Waals surface area (Å²) < 4.78 is 6.76. The maximum atomic E-state index is 11.6. The third kappa shape index (κ3) is 1.72. The Morgan fingerprint density at radius 2 is 2.53 bits per heavy atom. The second-order valence-corrected chi connectivity index (χ2v) is 3.52. The number of nitrogens with zero attached hydrogens (tertiary/aromatic N) is 1. The van der Waals surface area contributed by atoms with Gasteiger partial charge < -0.3 is 9.30 Å². The molecule has 0 N–H and O–H groups in total. The summed E-state index contributed by atoms with van der Waals surface area (Å²) in [4.78, 5) is 11.6. The highest BCUT2D eigenvalue weighted by Crippen LogP contribution is 2.24. The predicted octanol–water partition coefficient (Wildman–Crippen LogP) is 2.50. The summed E-state index contributed by atoms with van der Waals surface area (Å²) >= 11 is 5.98. The zero-order valence-electron chi connectivity index (χ0n) is 8.29. The van der Waals surface area contributed by atoms with Crippen LogP contribution in [-0.2, 0) is 11.3 Å². The van der Waals surface area contributed by atoms with E-state index in [1.807, 2.05) is 10.6 Å². The van der Waals surface area contributed by atoms with Gasteiger partial charge in [0.15, 0.2) is 0 Å². The quantitative estimate of drug-likeness (QED) is 0.570. The van der Waals surface area contributed by atoms with E-state index in [1.54, 1.807) is 19.1 Å². The van der Waals surface area contributed by atoms with Crippen molar-refractivity contribution in [2.45, 2.75) is 13.5 Å². The van der Waals surface area contributed by atoms with Crippen molar-refractivity contribution >= 4 is 23.6 Å². The van der Waals surface area contributed by atoms with E-state index in [4.69, 9.17) is 16.3 Å². The van der Waals surface area contributed by atoms with Gasteiger partial charge in [-0.1, -0.05) is 11.6 Å². The van der Waals surface area contributed by atoms with Crippen molar-refractivity contribution in [2.75, 3.05) is 6.61 Å². The maximum absolute atomic E-state index is 11.6. The standard InChI is InChI=1S/C11H10ClNO2/c1-2-15-11(14)10-9(12)7-8-5-3-4-6-13(8)10/h4-5,7H,2,6H2,1H3. The van der Waals surface area contributed by atoms with Gasteiger partial charge in [-0.25, -0.2) is 4.79 Å². The van der Waals surface area contributed by atoms with E-state index in [2.05, 4.69) is 5.73 Å². The SMILES string of the molecule is CCOC(=O)c1c(Cl)cc2n1CC=C=C2. The summed E-state index contributed by atoms with van der Waals surface area (Å²) in [6.07, 6.45) is 3.63. The molecule has 15 heavy (non-hydrogen) atoms. The third-order valence-electron chi connectivity index (χ3n) is 2.17. The summed E-state index contributed by atoms with van der Waals surface area (Å²) in [6.45, 7) is 2.72. The van der Waals surface area contributed by atoms with Gasteiger partial charge in [-0.3, -0.25) is 0 Å². The Labute approximate surface area is 92.6 Å². The van der Waals surface area contributed by atoms with Crippen molar-refractivity contribution in [1.82, 2.24) is 4.57 Å². The molecule has 0 aromatic carbocycles. The van der Waals surface area contributed by atoms with E-state index in [1.165, 1.54) is 0 Å². The molecule has 1 aromatic heterocycles. The predicted molar refractivity (Wildman–Crippen MR) is 57.9 cm³/mol. The Morgan fingerprint density at radius 3 is 3.27 bits per heavy atom. The molecule has 0 spiro atoms. The first-order valence-electron chi connectivity index (χ1n) is 4.71. The normalized spacial score (nSPS) is 12.7. The van der Waals surface area contributed by atoms with Crippen LogP contribution in [0.4, 0.5) is 0 Å². The van der Waals surface area contributed by atoms with Crippen LogP contribution >= 0.6 is 11.6 Å². The van der Waals surface area contributed by atoms with Gasteiger partial charge in [-0.2, -0.15) is 0 Å². The Morgan fingerprint density at radius 1 is 1.73 bits per heavy atom. The zero-order chi connectivity index (χ0) is 10.8. The molecular formula is C11H10ClNO2. The summed E-state index contributed by atoms with van der Waals surface area (Å²) in [5.74, 6) is -0.377. The van der Waals surface area contributed by atoms with Crippen LogP contribution in [0.25, 0.3) is 6.08 Å². The average molecular weight is 224 g/mol. The minimum atomic E-state index is -0.377. The average Bonchev–Trinajstić information content (AvgIpc) is 2.54. The number of hydrogen-bond donors (Lipinski definition) is 0. The van der Waals surface area contributed by atoms with Gasteiger partial charge in [0.05, 0.1) is 17.3 Å². The minimum Gasteiger partial charge on any atom is -0.461 e. The molecule has 1 aliphatic heterocycles. The number of allylic oxidation sites excluding steroid dienone is 1. The molecule has 1 aliphatic rings. The Hall–Kier alpha value is -1.44. The second kappa shape index (κ2) is 3.97. The van der Waals surface area contributed by atoms with E-state index in [0.717, 1.165) is 5.69 Å². The van der Waals surface area contributed by atoms with E-state index < -0.39 is 0 Å². The van der Waals surface area contributed by atoms with Crippen LogP contribution < -0.4 is 0 Å². The Kier molecular flexibility index (Phi) is 2.67. The van der Waals surface area contributed by atoms with Crippen LogP contribution in [0.5, 0.6) is 0 Å². The molecule has 0 atom stereocenters. The van der Waals surface area contributed by atoms with Gasteiger partial charge >= 0.3 is 5.97 Å². The van der Waals surface area contributed by atoms with Crippen LogP contribution in [-0.4, -0.2) is 17.1 Å². The molecule has 3 nitrogen and oxygen atoms in total. The number of carbonyl (C=O) groups excluding carboxylic acids is 1. The molecule has 2 rings (SSSR count). The fraction of sp³-hybridized carbons (Fsp3) is 0.273. The van der Waals surface area contributed by atoms with Crippen molar-refractivity contribution in [1.29, 1.82) is 0 Å². The maximum Gasteiger partial charge on any atom is 0.356 e. The Bertz CT molecular complexity index is 467. The number of fused-ring (bicyclic) bond motifs is 1. The first-order valence-corrected chi connectivity index (χ1v) is 5.09. The summed E-state index contributed by atoms with van der Waals surface area (Å²) in [7, 11) is 0. The lowest BCUT2D eigenvalue weighted by Crippen LogP contribution is -2.13. The van der Waals surface area contributed by atoms with E-state index >= 15 is 0 Å². The van der Waals surface area contributed by atoms with E-state index in [-0.39, 0.29) is 5.97 Å². The molecule has 0 fully saturated rings.